The molecular formula is C26H38N2O4Sn. The van der Waals surface area contributed by atoms with Crippen LogP contribution in [0.2, 0.25) is 8.87 Å². The van der Waals surface area contributed by atoms with Crippen LogP contribution in [-0.4, -0.2) is 61.3 Å². The summed E-state index contributed by atoms with van der Waals surface area (Å²) in [6, 6.07) is 13.1. The predicted octanol–water partition coefficient (Wildman–Crippen LogP) is 3.36. The number of carbonyl (C=O) groups is 2. The number of unbranched alkanes of at least 4 members (excludes halogenated alkanes) is 2. The zero-order valence-corrected chi connectivity index (χ0v) is 23.7. The summed E-state index contributed by atoms with van der Waals surface area (Å²) in [6.07, 6.45) is 5.84. The Morgan fingerprint density at radius 1 is 0.667 bits per heavy atom. The van der Waals surface area contributed by atoms with E-state index in [1.807, 2.05) is 38.0 Å². The Morgan fingerprint density at radius 2 is 0.970 bits per heavy atom. The number of benzene rings is 2. The third-order valence-corrected chi connectivity index (χ3v) is 8.69. The van der Waals surface area contributed by atoms with Crippen molar-refractivity contribution in [2.75, 3.05) is 38.0 Å². The van der Waals surface area contributed by atoms with E-state index in [1.165, 1.54) is 49.9 Å². The fourth-order valence-electron chi connectivity index (χ4n) is 2.52. The van der Waals surface area contributed by atoms with Gasteiger partial charge in [0.2, 0.25) is 0 Å². The molecule has 2 aromatic rings. The van der Waals surface area contributed by atoms with Crippen molar-refractivity contribution >= 4 is 44.5 Å². The van der Waals surface area contributed by atoms with Gasteiger partial charge >= 0.3 is 69.5 Å². The van der Waals surface area contributed by atoms with Gasteiger partial charge in [-0.2, -0.15) is 0 Å². The van der Waals surface area contributed by atoms with E-state index in [0.717, 1.165) is 11.4 Å². The second-order valence-electron chi connectivity index (χ2n) is 7.91. The molecule has 0 aliphatic carbocycles. The van der Waals surface area contributed by atoms with Gasteiger partial charge in [-0.05, 0) is 35.4 Å². The molecule has 0 aliphatic heterocycles. The molecule has 0 unspecified atom stereocenters. The van der Waals surface area contributed by atoms with E-state index >= 15 is 0 Å². The van der Waals surface area contributed by atoms with Crippen LogP contribution in [0.5, 0.6) is 0 Å². The summed E-state index contributed by atoms with van der Waals surface area (Å²) in [5.41, 5.74) is 2.36. The molecule has 0 saturated heterocycles. The third kappa shape index (κ3) is 14.5. The second-order valence-corrected chi connectivity index (χ2v) is 12.2. The van der Waals surface area contributed by atoms with Crippen LogP contribution in [0.25, 0.3) is 0 Å². The molecule has 33 heavy (non-hydrogen) atoms. The van der Waals surface area contributed by atoms with E-state index < -0.39 is 11.9 Å². The average molecular weight is 561 g/mol. The SMILES string of the molecule is CCC[CH2][Sn+2][CH2]CCC.CN(C)c1ccc(C(=O)[O-])cc1.CN(C)c1ccc(C(=O)[O-])cc1. The van der Waals surface area contributed by atoms with Crippen LogP contribution < -0.4 is 20.0 Å². The molecule has 0 aromatic heterocycles. The minimum Gasteiger partial charge on any atom is -0.545 e. The number of carboxylic acids is 2. The molecule has 0 fully saturated rings. The Morgan fingerprint density at radius 3 is 1.18 bits per heavy atom. The molecule has 0 radical (unpaired) electrons. The van der Waals surface area contributed by atoms with Crippen molar-refractivity contribution in [1.82, 2.24) is 0 Å². The fraction of sp³-hybridized carbons (Fsp3) is 0.462. The van der Waals surface area contributed by atoms with Crippen LogP contribution in [0.1, 0.15) is 60.2 Å². The van der Waals surface area contributed by atoms with E-state index in [0.29, 0.717) is 0 Å². The Kier molecular flexibility index (Phi) is 17.0. The molecule has 0 heterocycles. The largest absolute Gasteiger partial charge is 0.545 e. The van der Waals surface area contributed by atoms with Crippen LogP contribution in [0.3, 0.4) is 0 Å². The van der Waals surface area contributed by atoms with E-state index in [2.05, 4.69) is 13.8 Å². The Balaban J connectivity index is 0.000000472. The number of carboxylic acid groups (broad SMARTS) is 2. The molecule has 2 rings (SSSR count). The maximum Gasteiger partial charge on any atom is 0.0715 e. The van der Waals surface area contributed by atoms with Crippen molar-refractivity contribution in [3.63, 3.8) is 0 Å². The topological polar surface area (TPSA) is 86.7 Å². The molecule has 0 atom stereocenters. The monoisotopic (exact) mass is 562 g/mol. The summed E-state index contributed by atoms with van der Waals surface area (Å²) >= 11 is 0.149. The molecule has 180 valence electrons. The maximum absolute atomic E-state index is 10.4. The number of hydrogen-bond acceptors (Lipinski definition) is 6. The summed E-state index contributed by atoms with van der Waals surface area (Å²) in [5, 5.41) is 20.7. The number of anilines is 2. The Hall–Kier alpha value is -2.22. The smallest absolute Gasteiger partial charge is 0.0715 e. The number of hydrogen-bond donors (Lipinski definition) is 0. The molecule has 7 heteroatoms. The molecule has 0 saturated carbocycles. The molecule has 0 N–H and O–H groups in total. The quantitative estimate of drug-likeness (QED) is 0.327. The number of aromatic carboxylic acids is 2. The van der Waals surface area contributed by atoms with Crippen molar-refractivity contribution in [1.29, 1.82) is 0 Å². The van der Waals surface area contributed by atoms with Gasteiger partial charge in [-0.1, -0.05) is 24.3 Å². The van der Waals surface area contributed by atoms with Gasteiger partial charge in [0, 0.05) is 39.6 Å². The van der Waals surface area contributed by atoms with Gasteiger partial charge < -0.3 is 29.6 Å². The standard InChI is InChI=1S/2C9H11NO2.2C4H9.Sn/c2*1-10(2)8-5-3-7(4-6-8)9(11)12;2*1-3-4-2;/h2*3-6H,1-2H3,(H,11,12);2*1,3-4H2,2H3;/q;;;;+2/p-2. The second kappa shape index (κ2) is 18.2. The van der Waals surface area contributed by atoms with Crippen LogP contribution in [-0.2, 0) is 0 Å². The zero-order chi connectivity index (χ0) is 25.2. The number of carbonyl (C=O) groups excluding carboxylic acids is 2. The van der Waals surface area contributed by atoms with Gasteiger partial charge in [0.05, 0.1) is 11.9 Å². The minimum atomic E-state index is -1.14. The van der Waals surface area contributed by atoms with Crippen molar-refractivity contribution < 1.29 is 19.8 Å². The van der Waals surface area contributed by atoms with Gasteiger partial charge in [0.1, 0.15) is 0 Å². The molecule has 2 aromatic carbocycles. The zero-order valence-electron chi connectivity index (χ0n) is 20.9. The van der Waals surface area contributed by atoms with E-state index in [4.69, 9.17) is 0 Å². The first-order valence-electron chi connectivity index (χ1n) is 11.3. The van der Waals surface area contributed by atoms with Gasteiger partial charge in [0.15, 0.2) is 0 Å². The van der Waals surface area contributed by atoms with Crippen LogP contribution in [0.4, 0.5) is 11.4 Å². The molecule has 6 nitrogen and oxygen atoms in total. The molecular weight excluding hydrogens is 523 g/mol. The summed E-state index contributed by atoms with van der Waals surface area (Å²) < 4.78 is 3.25. The van der Waals surface area contributed by atoms with E-state index in [1.54, 1.807) is 33.1 Å². The molecule has 0 amide bonds. The first-order valence-corrected chi connectivity index (χ1v) is 15.4. The minimum absolute atomic E-state index is 0.149. The van der Waals surface area contributed by atoms with Crippen LogP contribution >= 0.6 is 0 Å². The third-order valence-electron chi connectivity index (χ3n) is 4.65. The van der Waals surface area contributed by atoms with Gasteiger partial charge in [-0.25, -0.2) is 0 Å². The summed E-state index contributed by atoms with van der Waals surface area (Å²) in [7, 11) is 7.59. The Bertz CT molecular complexity index is 723. The summed E-state index contributed by atoms with van der Waals surface area (Å²) in [4.78, 5) is 24.5. The Labute approximate surface area is 209 Å². The van der Waals surface area contributed by atoms with Gasteiger partial charge in [-0.15, -0.1) is 0 Å². The fourth-order valence-corrected chi connectivity index (χ4v) is 6.68. The summed E-state index contributed by atoms with van der Waals surface area (Å²) in [5.74, 6) is -2.28. The van der Waals surface area contributed by atoms with Crippen molar-refractivity contribution in [2.24, 2.45) is 0 Å². The molecule has 0 bridgehead atoms. The molecule has 0 spiro atoms. The number of rotatable bonds is 10. The van der Waals surface area contributed by atoms with Crippen molar-refractivity contribution in [3.8, 4) is 0 Å². The summed E-state index contributed by atoms with van der Waals surface area (Å²) in [6.45, 7) is 4.58. The molecule has 0 aliphatic rings. The van der Waals surface area contributed by atoms with E-state index in [-0.39, 0.29) is 32.3 Å². The first-order chi connectivity index (χ1) is 15.6. The van der Waals surface area contributed by atoms with Crippen molar-refractivity contribution in [2.45, 2.75) is 48.4 Å². The predicted molar refractivity (Wildman–Crippen MR) is 135 cm³/mol. The van der Waals surface area contributed by atoms with Gasteiger partial charge in [-0.3, -0.25) is 0 Å². The average Bonchev–Trinajstić information content (AvgIpc) is 2.80. The number of nitrogens with zero attached hydrogens (tertiary/aromatic N) is 2. The van der Waals surface area contributed by atoms with E-state index in [9.17, 15) is 19.8 Å². The van der Waals surface area contributed by atoms with Crippen molar-refractivity contribution in [3.05, 3.63) is 59.7 Å². The van der Waals surface area contributed by atoms with Gasteiger partial charge in [0.25, 0.3) is 0 Å². The first kappa shape index (κ1) is 30.8. The van der Waals surface area contributed by atoms with Crippen LogP contribution in [0, 0.1) is 0 Å². The maximum atomic E-state index is 10.4. The van der Waals surface area contributed by atoms with Crippen LogP contribution in [0.15, 0.2) is 48.5 Å². The normalized spacial score (nSPS) is 9.39.